The van der Waals surface area contributed by atoms with Crippen LogP contribution in [0.15, 0.2) is 60.8 Å². The van der Waals surface area contributed by atoms with Gasteiger partial charge >= 0.3 is 0 Å². The molecule has 278 valence electrons. The molecule has 52 heavy (non-hydrogen) atoms. The van der Waals surface area contributed by atoms with Crippen molar-refractivity contribution in [3.8, 4) is 5.75 Å². The molecule has 4 saturated carbocycles. The van der Waals surface area contributed by atoms with Gasteiger partial charge < -0.3 is 25.2 Å². The van der Waals surface area contributed by atoms with E-state index < -0.39 is 6.04 Å². The number of hydrogen-bond acceptors (Lipinski definition) is 7. The van der Waals surface area contributed by atoms with Crippen LogP contribution in [0, 0.1) is 46.8 Å². The third-order valence-electron chi connectivity index (χ3n) is 14.5. The Kier molecular flexibility index (Phi) is 9.66. The predicted octanol–water partition coefficient (Wildman–Crippen LogP) is 6.25. The Hall–Kier alpha value is -3.76. The fourth-order valence-electron chi connectivity index (χ4n) is 11.7. The summed E-state index contributed by atoms with van der Waals surface area (Å²) in [5.74, 6) is 4.19. The van der Waals surface area contributed by atoms with Crippen LogP contribution in [0.25, 0.3) is 0 Å². The van der Waals surface area contributed by atoms with Crippen LogP contribution in [-0.2, 0) is 16.1 Å². The number of rotatable bonds is 10. The first-order valence-electron chi connectivity index (χ1n) is 19.7. The van der Waals surface area contributed by atoms with E-state index in [1.165, 1.54) is 19.3 Å². The number of β-lactam (4-membered cyclic amide) rings is 1. The lowest BCUT2D eigenvalue weighted by molar-refractivity contribution is -0.142. The van der Waals surface area contributed by atoms with Crippen molar-refractivity contribution in [1.82, 2.24) is 20.3 Å². The highest BCUT2D eigenvalue weighted by molar-refractivity contribution is 6.04. The third-order valence-corrected chi connectivity index (χ3v) is 14.5. The molecule has 1 aliphatic heterocycles. The van der Waals surface area contributed by atoms with E-state index >= 15 is 0 Å². The summed E-state index contributed by atoms with van der Waals surface area (Å²) in [4.78, 5) is 28.5. The number of aliphatic hydroxyl groups is 2. The van der Waals surface area contributed by atoms with Gasteiger partial charge in [0.1, 0.15) is 11.4 Å². The van der Waals surface area contributed by atoms with Gasteiger partial charge in [0, 0.05) is 12.1 Å². The van der Waals surface area contributed by atoms with Crippen LogP contribution in [0.5, 0.6) is 5.75 Å². The first-order valence-corrected chi connectivity index (χ1v) is 19.7. The largest absolute Gasteiger partial charge is 0.497 e. The molecule has 8 rings (SSSR count). The third kappa shape index (κ3) is 6.23. The Morgan fingerprint density at radius 2 is 1.77 bits per heavy atom. The minimum Gasteiger partial charge on any atom is -0.497 e. The van der Waals surface area contributed by atoms with Gasteiger partial charge in [-0.25, -0.2) is 4.68 Å². The summed E-state index contributed by atoms with van der Waals surface area (Å²) in [5, 5.41) is 33.7. The van der Waals surface area contributed by atoms with E-state index in [0.717, 1.165) is 55.5 Å². The van der Waals surface area contributed by atoms with Crippen molar-refractivity contribution in [3.05, 3.63) is 72.1 Å². The van der Waals surface area contributed by atoms with Crippen LogP contribution < -0.4 is 15.0 Å². The lowest BCUT2D eigenvalue weighted by Crippen LogP contribution is -2.56. The maximum Gasteiger partial charge on any atom is 0.255 e. The van der Waals surface area contributed by atoms with E-state index in [0.29, 0.717) is 53.5 Å². The fourth-order valence-corrected chi connectivity index (χ4v) is 11.7. The van der Waals surface area contributed by atoms with Gasteiger partial charge in [0.05, 0.1) is 38.1 Å². The van der Waals surface area contributed by atoms with Crippen molar-refractivity contribution in [1.29, 1.82) is 0 Å². The molecule has 3 N–H and O–H groups in total. The number of nitrogens with one attached hydrogen (secondary N) is 1. The molecule has 0 unspecified atom stereocenters. The van der Waals surface area contributed by atoms with Crippen LogP contribution >= 0.6 is 0 Å². The lowest BCUT2D eigenvalue weighted by atomic mass is 9.46. The quantitative estimate of drug-likeness (QED) is 0.212. The minimum atomic E-state index is -0.545. The predicted molar refractivity (Wildman–Crippen MR) is 197 cm³/mol. The normalized spacial score (nSPS) is 35.9. The van der Waals surface area contributed by atoms with E-state index in [9.17, 15) is 19.8 Å². The Morgan fingerprint density at radius 3 is 2.54 bits per heavy atom. The summed E-state index contributed by atoms with van der Waals surface area (Å²) in [7, 11) is 1.62. The number of hydrogen-bond donors (Lipinski definition) is 3. The summed E-state index contributed by atoms with van der Waals surface area (Å²) in [5.41, 5.74) is 2.65. The molecule has 5 aliphatic rings. The monoisotopic (exact) mass is 709 g/mol. The molecule has 0 radical (unpaired) electrons. The highest BCUT2D eigenvalue weighted by Gasteiger charge is 2.59. The first-order chi connectivity index (χ1) is 25.2. The highest BCUT2D eigenvalue weighted by Crippen LogP contribution is 2.64. The number of carbonyl (C=O) groups excluding carboxylic acids is 2. The maximum absolute atomic E-state index is 13.6. The molecule has 2 heterocycles. The van der Waals surface area contributed by atoms with E-state index in [-0.39, 0.29) is 42.0 Å². The molecule has 1 aromatic heterocycles. The number of amides is 2. The van der Waals surface area contributed by atoms with Crippen LogP contribution in [0.3, 0.4) is 0 Å². The molecule has 10 nitrogen and oxygen atoms in total. The van der Waals surface area contributed by atoms with Gasteiger partial charge in [-0.15, -0.1) is 5.10 Å². The summed E-state index contributed by atoms with van der Waals surface area (Å²) in [6, 6.07) is 16.6. The molecule has 1 saturated heterocycles. The molecule has 2 aromatic carbocycles. The number of nitrogens with zero attached hydrogens (tertiary/aromatic N) is 4. The van der Waals surface area contributed by atoms with Crippen molar-refractivity contribution in [3.63, 3.8) is 0 Å². The summed E-state index contributed by atoms with van der Waals surface area (Å²) >= 11 is 0. The average Bonchev–Trinajstić information content (AvgIpc) is 3.82. The van der Waals surface area contributed by atoms with Gasteiger partial charge in [-0.05, 0) is 134 Å². The molecular formula is C42H55N5O5. The number of ether oxygens (including phenoxy) is 1. The van der Waals surface area contributed by atoms with Gasteiger partial charge in [0.25, 0.3) is 5.91 Å². The topological polar surface area (TPSA) is 130 Å². The Balaban J connectivity index is 0.857. The van der Waals surface area contributed by atoms with Crippen LogP contribution in [0.2, 0.25) is 0 Å². The molecule has 4 aliphatic carbocycles. The van der Waals surface area contributed by atoms with Gasteiger partial charge in [0.2, 0.25) is 5.91 Å². The van der Waals surface area contributed by atoms with Gasteiger partial charge in [0.15, 0.2) is 6.04 Å². The molecular weight excluding hydrogens is 654 g/mol. The van der Waals surface area contributed by atoms with Gasteiger partial charge in [-0.3, -0.25) is 9.59 Å². The summed E-state index contributed by atoms with van der Waals surface area (Å²) in [6.07, 6.45) is 11.2. The second-order valence-electron chi connectivity index (χ2n) is 17.0. The number of carbonyl (C=O) groups is 2. The number of aromatic nitrogens is 3. The summed E-state index contributed by atoms with van der Waals surface area (Å²) < 4.78 is 6.94. The fraction of sp³-hybridized carbons (Fsp3) is 0.619. The Morgan fingerprint density at radius 1 is 1.00 bits per heavy atom. The van der Waals surface area contributed by atoms with Gasteiger partial charge in [-0.2, -0.15) is 0 Å². The lowest BCUT2D eigenvalue weighted by Gasteiger charge is -2.59. The number of anilines is 1. The van der Waals surface area contributed by atoms with E-state index in [2.05, 4.69) is 29.5 Å². The van der Waals surface area contributed by atoms with Crippen LogP contribution in [0.1, 0.15) is 101 Å². The zero-order valence-corrected chi connectivity index (χ0v) is 30.8. The van der Waals surface area contributed by atoms with Crippen molar-refractivity contribution < 1.29 is 24.5 Å². The van der Waals surface area contributed by atoms with E-state index in [1.807, 2.05) is 54.6 Å². The molecule has 5 fully saturated rings. The molecule has 0 bridgehead atoms. The second kappa shape index (κ2) is 14.2. The minimum absolute atomic E-state index is 0.0153. The molecule has 2 amide bonds. The van der Waals surface area contributed by atoms with E-state index in [1.54, 1.807) is 22.9 Å². The Labute approximate surface area is 307 Å². The number of aliphatic hydroxyl groups excluding tert-OH is 2. The van der Waals surface area contributed by atoms with Crippen LogP contribution in [-0.4, -0.2) is 56.3 Å². The molecule has 0 spiro atoms. The zero-order valence-electron chi connectivity index (χ0n) is 30.8. The SMILES string of the molecule is COc1ccc(N2C(=O)[C@H](n3cc(CNC(=O)CC[C@@H](C)[C@H]4CC[C@H]5[C@@H]6CC[C@@H]7C[C@H](O)CC[C@]7(C)[C@H]6C[C@H](O)[C@@H]54)nn3)[C@@H]2c2ccccc2)cc1. The van der Waals surface area contributed by atoms with Gasteiger partial charge in [-0.1, -0.05) is 49.4 Å². The maximum atomic E-state index is 13.6. The number of fused-ring (bicyclic) bond motifs is 5. The molecule has 12 atom stereocenters. The van der Waals surface area contributed by atoms with E-state index in [4.69, 9.17) is 4.74 Å². The van der Waals surface area contributed by atoms with Crippen molar-refractivity contribution in [2.24, 2.45) is 46.8 Å². The van der Waals surface area contributed by atoms with Crippen molar-refractivity contribution in [2.75, 3.05) is 12.0 Å². The van der Waals surface area contributed by atoms with Crippen molar-refractivity contribution in [2.45, 2.75) is 109 Å². The number of benzene rings is 2. The van der Waals surface area contributed by atoms with Crippen molar-refractivity contribution >= 4 is 17.5 Å². The standard InChI is InChI=1S/C42H55N5O5/c1-25(32-16-17-34-33-15-10-27-21-30(48)19-20-42(27,2)35(33)22-36(49)38(32)34)9-18-37(50)43-23-28-24-46(45-44-28)40-39(26-7-5-4-6-8-26)47(41(40)51)29-11-13-31(52-3)14-12-29/h4-8,11-14,24-25,27,30,32-36,38-40,48-49H,9-10,15-23H2,1-3H3,(H,43,50)/t25-,27-,30-,32-,33+,34+,35+,36+,38-,39+,40-,42+/m1/s1. The zero-order chi connectivity index (χ0) is 36.1. The second-order valence-corrected chi connectivity index (χ2v) is 17.0. The summed E-state index contributed by atoms with van der Waals surface area (Å²) in [6.45, 7) is 4.99. The Bertz CT molecular complexity index is 1730. The highest BCUT2D eigenvalue weighted by atomic mass is 16.5. The van der Waals surface area contributed by atoms with Crippen LogP contribution in [0.4, 0.5) is 5.69 Å². The molecule has 3 aromatic rings. The number of methoxy groups -OCH3 is 1. The molecule has 10 heteroatoms. The first kappa shape index (κ1) is 35.3. The smallest absolute Gasteiger partial charge is 0.255 e. The average molecular weight is 710 g/mol.